The normalized spacial score (nSPS) is 21.2. The maximum Gasteiger partial charge on any atom is 0.246 e. The number of amides is 2. The number of ether oxygens (including phenoxy) is 1. The second-order valence-electron chi connectivity index (χ2n) is 8.19. The Morgan fingerprint density at radius 1 is 1.44 bits per heavy atom. The van der Waals surface area contributed by atoms with Crippen LogP contribution in [0.4, 0.5) is 0 Å². The first-order valence-corrected chi connectivity index (χ1v) is 9.63. The molecule has 7 heteroatoms. The van der Waals surface area contributed by atoms with Crippen molar-refractivity contribution >= 4 is 11.8 Å². The van der Waals surface area contributed by atoms with Crippen LogP contribution in [0.25, 0.3) is 0 Å². The van der Waals surface area contributed by atoms with Gasteiger partial charge in [0.2, 0.25) is 11.8 Å². The molecule has 7 nitrogen and oxygen atoms in total. The van der Waals surface area contributed by atoms with E-state index in [-0.39, 0.29) is 29.8 Å². The van der Waals surface area contributed by atoms with Gasteiger partial charge in [0.1, 0.15) is 0 Å². The van der Waals surface area contributed by atoms with E-state index in [1.165, 1.54) is 11.0 Å². The van der Waals surface area contributed by atoms with Gasteiger partial charge < -0.3 is 14.5 Å². The summed E-state index contributed by atoms with van der Waals surface area (Å²) in [7, 11) is 1.63. The fourth-order valence-electron chi connectivity index (χ4n) is 4.23. The van der Waals surface area contributed by atoms with E-state index in [0.29, 0.717) is 12.5 Å². The second kappa shape index (κ2) is 7.84. The molecule has 3 rings (SSSR count). The average Bonchev–Trinajstić information content (AvgIpc) is 3.06. The molecule has 2 saturated heterocycles. The molecule has 3 heterocycles. The molecule has 1 unspecified atom stereocenters. The highest BCUT2D eigenvalue weighted by Crippen LogP contribution is 2.54. The number of carbonyl (C=O) groups is 2. The second-order valence-corrected chi connectivity index (χ2v) is 8.19. The molecule has 0 aromatic carbocycles. The molecule has 2 amide bonds. The zero-order valence-corrected chi connectivity index (χ0v) is 16.6. The molecule has 27 heavy (non-hydrogen) atoms. The van der Waals surface area contributed by atoms with Crippen molar-refractivity contribution in [2.75, 3.05) is 33.4 Å². The van der Waals surface area contributed by atoms with Crippen molar-refractivity contribution in [3.63, 3.8) is 0 Å². The maximum absolute atomic E-state index is 12.9. The number of nitrogens with zero attached hydrogens (tertiary/aromatic N) is 4. The van der Waals surface area contributed by atoms with Gasteiger partial charge in [-0.15, -0.1) is 0 Å². The van der Waals surface area contributed by atoms with Crippen LogP contribution in [0.2, 0.25) is 0 Å². The molecule has 1 atom stereocenters. The SMILES string of the molecule is C=CC(=O)N(C)CC(=O)N1CC2(CCOCC2)C1c1cnn(CC(C)C)c1. The molecule has 2 aliphatic rings. The van der Waals surface area contributed by atoms with Crippen LogP contribution in [-0.2, 0) is 20.9 Å². The van der Waals surface area contributed by atoms with Gasteiger partial charge in [-0.2, -0.15) is 5.10 Å². The number of rotatable bonds is 6. The number of carbonyl (C=O) groups excluding carboxylic acids is 2. The Morgan fingerprint density at radius 2 is 2.15 bits per heavy atom. The van der Waals surface area contributed by atoms with Gasteiger partial charge in [-0.1, -0.05) is 20.4 Å². The van der Waals surface area contributed by atoms with E-state index in [1.54, 1.807) is 7.05 Å². The van der Waals surface area contributed by atoms with Crippen molar-refractivity contribution in [3.8, 4) is 0 Å². The highest BCUT2D eigenvalue weighted by molar-refractivity contribution is 5.91. The van der Waals surface area contributed by atoms with E-state index in [0.717, 1.165) is 38.2 Å². The third-order valence-corrected chi connectivity index (χ3v) is 5.63. The molecule has 0 N–H and O–H groups in total. The lowest BCUT2D eigenvalue weighted by Crippen LogP contribution is -2.63. The third-order valence-electron chi connectivity index (χ3n) is 5.63. The summed E-state index contributed by atoms with van der Waals surface area (Å²) in [5.74, 6) is 0.227. The predicted octanol–water partition coefficient (Wildman–Crippen LogP) is 1.86. The Hall–Kier alpha value is -2.15. The minimum absolute atomic E-state index is 0.00189. The summed E-state index contributed by atoms with van der Waals surface area (Å²) in [6, 6.07) is 0.00189. The Bertz CT molecular complexity index is 706. The van der Waals surface area contributed by atoms with E-state index >= 15 is 0 Å². The van der Waals surface area contributed by atoms with Crippen LogP contribution in [0.15, 0.2) is 25.0 Å². The van der Waals surface area contributed by atoms with Crippen molar-refractivity contribution in [1.29, 1.82) is 0 Å². The summed E-state index contributed by atoms with van der Waals surface area (Å²) >= 11 is 0. The Kier molecular flexibility index (Phi) is 5.69. The standard InChI is InChI=1S/C20H30N4O3/c1-5-17(25)22(4)13-18(26)24-14-20(6-8-27-9-7-20)19(24)16-10-21-23(12-16)11-15(2)3/h5,10,12,15,19H,1,6-9,11,13-14H2,2-4H3. The van der Waals surface area contributed by atoms with Crippen molar-refractivity contribution in [2.24, 2.45) is 11.3 Å². The third kappa shape index (κ3) is 3.93. The zero-order chi connectivity index (χ0) is 19.6. The number of aromatic nitrogens is 2. The molecular weight excluding hydrogens is 344 g/mol. The zero-order valence-electron chi connectivity index (χ0n) is 16.6. The first-order chi connectivity index (χ1) is 12.9. The first kappa shape index (κ1) is 19.6. The molecular formula is C20H30N4O3. The molecule has 1 aromatic heterocycles. The number of hydrogen-bond acceptors (Lipinski definition) is 4. The Morgan fingerprint density at radius 3 is 2.78 bits per heavy atom. The summed E-state index contributed by atoms with van der Waals surface area (Å²) in [5.41, 5.74) is 1.13. The fraction of sp³-hybridized carbons (Fsp3) is 0.650. The summed E-state index contributed by atoms with van der Waals surface area (Å²) in [6.07, 6.45) is 7.08. The minimum atomic E-state index is -0.244. The van der Waals surface area contributed by atoms with Crippen molar-refractivity contribution < 1.29 is 14.3 Å². The molecule has 1 aromatic rings. The largest absolute Gasteiger partial charge is 0.381 e. The van der Waals surface area contributed by atoms with Crippen molar-refractivity contribution in [3.05, 3.63) is 30.6 Å². The van der Waals surface area contributed by atoms with Crippen LogP contribution >= 0.6 is 0 Å². The average molecular weight is 374 g/mol. The van der Waals surface area contributed by atoms with Crippen LogP contribution in [0.3, 0.4) is 0 Å². The molecule has 148 valence electrons. The van der Waals surface area contributed by atoms with Gasteiger partial charge in [0.25, 0.3) is 0 Å². The molecule has 1 spiro atoms. The highest BCUT2D eigenvalue weighted by Gasteiger charge is 2.55. The number of likely N-dealkylation sites (tertiary alicyclic amines) is 1. The van der Waals surface area contributed by atoms with Gasteiger partial charge in [0.15, 0.2) is 0 Å². The molecule has 2 aliphatic heterocycles. The van der Waals surface area contributed by atoms with Crippen LogP contribution in [0.1, 0.15) is 38.3 Å². The van der Waals surface area contributed by atoms with Gasteiger partial charge in [-0.3, -0.25) is 14.3 Å². The van der Waals surface area contributed by atoms with Gasteiger partial charge in [0.05, 0.1) is 18.8 Å². The topological polar surface area (TPSA) is 67.7 Å². The van der Waals surface area contributed by atoms with E-state index in [4.69, 9.17) is 4.74 Å². The number of likely N-dealkylation sites (N-methyl/N-ethyl adjacent to an activating group) is 1. The smallest absolute Gasteiger partial charge is 0.246 e. The molecule has 0 aliphatic carbocycles. The van der Waals surface area contributed by atoms with E-state index in [1.807, 2.05) is 15.8 Å². The van der Waals surface area contributed by atoms with Gasteiger partial charge in [0, 0.05) is 50.5 Å². The highest BCUT2D eigenvalue weighted by atomic mass is 16.5. The van der Waals surface area contributed by atoms with E-state index in [9.17, 15) is 9.59 Å². The lowest BCUT2D eigenvalue weighted by molar-refractivity contribution is -0.170. The summed E-state index contributed by atoms with van der Waals surface area (Å²) in [4.78, 5) is 27.9. The first-order valence-electron chi connectivity index (χ1n) is 9.63. The molecule has 0 bridgehead atoms. The predicted molar refractivity (Wildman–Crippen MR) is 102 cm³/mol. The Labute approximate surface area is 160 Å². The van der Waals surface area contributed by atoms with Crippen molar-refractivity contribution in [1.82, 2.24) is 19.6 Å². The maximum atomic E-state index is 12.9. The van der Waals surface area contributed by atoms with Crippen LogP contribution in [0.5, 0.6) is 0 Å². The van der Waals surface area contributed by atoms with E-state index in [2.05, 4.69) is 31.7 Å². The van der Waals surface area contributed by atoms with E-state index < -0.39 is 0 Å². The van der Waals surface area contributed by atoms with Gasteiger partial charge >= 0.3 is 0 Å². The molecule has 0 saturated carbocycles. The fourth-order valence-corrected chi connectivity index (χ4v) is 4.23. The lowest BCUT2D eigenvalue weighted by Gasteiger charge is -2.59. The Balaban J connectivity index is 1.79. The molecule has 2 fully saturated rings. The van der Waals surface area contributed by atoms with Crippen LogP contribution < -0.4 is 0 Å². The van der Waals surface area contributed by atoms with Gasteiger partial charge in [-0.25, -0.2) is 0 Å². The minimum Gasteiger partial charge on any atom is -0.381 e. The quantitative estimate of drug-likeness (QED) is 0.713. The summed E-state index contributed by atoms with van der Waals surface area (Å²) in [5, 5.41) is 4.50. The summed E-state index contributed by atoms with van der Waals surface area (Å²) < 4.78 is 7.52. The lowest BCUT2D eigenvalue weighted by atomic mass is 9.64. The van der Waals surface area contributed by atoms with Crippen LogP contribution in [0, 0.1) is 11.3 Å². The van der Waals surface area contributed by atoms with Crippen LogP contribution in [-0.4, -0.2) is 64.7 Å². The summed E-state index contributed by atoms with van der Waals surface area (Å²) in [6.45, 7) is 10.9. The van der Waals surface area contributed by atoms with Gasteiger partial charge in [-0.05, 0) is 24.8 Å². The monoisotopic (exact) mass is 374 g/mol. The van der Waals surface area contributed by atoms with Crippen molar-refractivity contribution in [2.45, 2.75) is 39.3 Å². The number of hydrogen-bond donors (Lipinski definition) is 0. The molecule has 0 radical (unpaired) electrons.